The van der Waals surface area contributed by atoms with Crippen LogP contribution in [-0.2, 0) is 4.79 Å². The first kappa shape index (κ1) is 13.2. The fraction of sp³-hybridized carbons (Fsp3) is 0.769. The van der Waals surface area contributed by atoms with Crippen LogP contribution in [0.1, 0.15) is 45.4 Å². The van der Waals surface area contributed by atoms with Crippen LogP contribution in [0.2, 0.25) is 0 Å². The normalized spacial score (nSPS) is 17.2. The van der Waals surface area contributed by atoms with E-state index in [9.17, 15) is 4.79 Å². The zero-order valence-corrected chi connectivity index (χ0v) is 10.2. The first-order valence-electron chi connectivity index (χ1n) is 6.38. The Morgan fingerprint density at radius 1 is 1.38 bits per heavy atom. The SMILES string of the molecule is CCCCCCCN1CCC=C(C(=O)O)C1. The van der Waals surface area contributed by atoms with Gasteiger partial charge in [0.2, 0.25) is 0 Å². The zero-order chi connectivity index (χ0) is 11.8. The molecule has 92 valence electrons. The Hall–Kier alpha value is -0.830. The molecule has 0 atom stereocenters. The van der Waals surface area contributed by atoms with Crippen LogP contribution in [-0.4, -0.2) is 35.6 Å². The largest absolute Gasteiger partial charge is 0.478 e. The molecule has 0 saturated heterocycles. The highest BCUT2D eigenvalue weighted by Gasteiger charge is 2.16. The maximum atomic E-state index is 10.8. The molecule has 0 amide bonds. The topological polar surface area (TPSA) is 40.5 Å². The van der Waals surface area contributed by atoms with Crippen molar-refractivity contribution in [3.63, 3.8) is 0 Å². The summed E-state index contributed by atoms with van der Waals surface area (Å²) < 4.78 is 0. The maximum absolute atomic E-state index is 10.8. The molecule has 0 aromatic rings. The molecule has 0 radical (unpaired) electrons. The van der Waals surface area contributed by atoms with Crippen molar-refractivity contribution in [2.45, 2.75) is 45.4 Å². The predicted molar refractivity (Wildman–Crippen MR) is 65.5 cm³/mol. The van der Waals surface area contributed by atoms with Crippen molar-refractivity contribution in [3.8, 4) is 0 Å². The van der Waals surface area contributed by atoms with Crippen molar-refractivity contribution in [3.05, 3.63) is 11.6 Å². The van der Waals surface area contributed by atoms with Crippen molar-refractivity contribution < 1.29 is 9.90 Å². The van der Waals surface area contributed by atoms with E-state index in [0.717, 1.165) is 19.5 Å². The Balaban J connectivity index is 2.14. The van der Waals surface area contributed by atoms with Gasteiger partial charge in [0.05, 0.1) is 0 Å². The molecule has 0 aromatic carbocycles. The van der Waals surface area contributed by atoms with Crippen LogP contribution in [0, 0.1) is 0 Å². The third kappa shape index (κ3) is 4.79. The van der Waals surface area contributed by atoms with Crippen molar-refractivity contribution >= 4 is 5.97 Å². The lowest BCUT2D eigenvalue weighted by Gasteiger charge is -2.25. The fourth-order valence-electron chi connectivity index (χ4n) is 2.09. The van der Waals surface area contributed by atoms with E-state index in [-0.39, 0.29) is 0 Å². The summed E-state index contributed by atoms with van der Waals surface area (Å²) in [5.74, 6) is -0.754. The van der Waals surface area contributed by atoms with Gasteiger partial charge in [-0.05, 0) is 19.4 Å². The van der Waals surface area contributed by atoms with Crippen molar-refractivity contribution in [2.75, 3.05) is 19.6 Å². The monoisotopic (exact) mass is 225 g/mol. The van der Waals surface area contributed by atoms with E-state index in [1.807, 2.05) is 6.08 Å². The van der Waals surface area contributed by atoms with Crippen LogP contribution in [0.5, 0.6) is 0 Å². The summed E-state index contributed by atoms with van der Waals surface area (Å²) in [4.78, 5) is 13.1. The van der Waals surface area contributed by atoms with Crippen LogP contribution in [0.4, 0.5) is 0 Å². The van der Waals surface area contributed by atoms with Crippen LogP contribution in [0.15, 0.2) is 11.6 Å². The highest BCUT2D eigenvalue weighted by Crippen LogP contribution is 2.11. The summed E-state index contributed by atoms with van der Waals surface area (Å²) >= 11 is 0. The summed E-state index contributed by atoms with van der Waals surface area (Å²) in [5.41, 5.74) is 0.569. The molecule has 0 saturated carbocycles. The molecule has 0 aromatic heterocycles. The quantitative estimate of drug-likeness (QED) is 0.677. The lowest BCUT2D eigenvalue weighted by molar-refractivity contribution is -0.133. The van der Waals surface area contributed by atoms with Gasteiger partial charge in [0.25, 0.3) is 0 Å². The highest BCUT2D eigenvalue weighted by atomic mass is 16.4. The summed E-state index contributed by atoms with van der Waals surface area (Å²) in [6.45, 7) is 4.91. The maximum Gasteiger partial charge on any atom is 0.332 e. The molecule has 0 bridgehead atoms. The van der Waals surface area contributed by atoms with Crippen molar-refractivity contribution in [1.82, 2.24) is 4.90 Å². The molecular weight excluding hydrogens is 202 g/mol. The highest BCUT2D eigenvalue weighted by molar-refractivity contribution is 5.87. The second-order valence-electron chi connectivity index (χ2n) is 4.51. The predicted octanol–water partition coefficient (Wildman–Crippen LogP) is 2.67. The second kappa shape index (κ2) is 7.44. The van der Waals surface area contributed by atoms with Crippen LogP contribution in [0.3, 0.4) is 0 Å². The summed E-state index contributed by atoms with van der Waals surface area (Å²) in [6.07, 6.45) is 9.12. The van der Waals surface area contributed by atoms with E-state index in [1.165, 1.54) is 32.1 Å². The van der Waals surface area contributed by atoms with Crippen LogP contribution in [0.25, 0.3) is 0 Å². The third-order valence-electron chi connectivity index (χ3n) is 3.08. The minimum Gasteiger partial charge on any atom is -0.478 e. The van der Waals surface area contributed by atoms with E-state index in [4.69, 9.17) is 5.11 Å². The van der Waals surface area contributed by atoms with Crippen molar-refractivity contribution in [1.29, 1.82) is 0 Å². The lowest BCUT2D eigenvalue weighted by Crippen LogP contribution is -2.33. The molecule has 16 heavy (non-hydrogen) atoms. The molecule has 1 heterocycles. The number of nitrogens with zero attached hydrogens (tertiary/aromatic N) is 1. The van der Waals surface area contributed by atoms with E-state index in [2.05, 4.69) is 11.8 Å². The standard InChI is InChI=1S/C13H23NO2/c1-2-3-4-5-6-9-14-10-7-8-12(11-14)13(15)16/h8H,2-7,9-11H2,1H3,(H,15,16). The molecule has 1 aliphatic heterocycles. The average molecular weight is 225 g/mol. The zero-order valence-electron chi connectivity index (χ0n) is 10.2. The van der Waals surface area contributed by atoms with Crippen LogP contribution >= 0.6 is 0 Å². The number of unbranched alkanes of at least 4 members (excludes halogenated alkanes) is 4. The van der Waals surface area contributed by atoms with Gasteiger partial charge in [-0.2, -0.15) is 0 Å². The van der Waals surface area contributed by atoms with Gasteiger partial charge in [0.15, 0.2) is 0 Å². The van der Waals surface area contributed by atoms with Gasteiger partial charge >= 0.3 is 5.97 Å². The average Bonchev–Trinajstić information content (AvgIpc) is 2.29. The van der Waals surface area contributed by atoms with Crippen LogP contribution < -0.4 is 0 Å². The Labute approximate surface area is 98.1 Å². The number of carboxylic acid groups (broad SMARTS) is 1. The number of hydrogen-bond acceptors (Lipinski definition) is 2. The van der Waals surface area contributed by atoms with Gasteiger partial charge in [-0.25, -0.2) is 4.79 Å². The number of rotatable bonds is 7. The van der Waals surface area contributed by atoms with E-state index < -0.39 is 5.97 Å². The van der Waals surface area contributed by atoms with E-state index >= 15 is 0 Å². The minimum atomic E-state index is -0.754. The molecule has 0 fully saturated rings. The molecule has 3 nitrogen and oxygen atoms in total. The first-order valence-corrected chi connectivity index (χ1v) is 6.38. The van der Waals surface area contributed by atoms with Gasteiger partial charge in [0, 0.05) is 18.7 Å². The number of carbonyl (C=O) groups is 1. The van der Waals surface area contributed by atoms with E-state index in [0.29, 0.717) is 12.1 Å². The smallest absolute Gasteiger partial charge is 0.332 e. The van der Waals surface area contributed by atoms with Gasteiger partial charge in [0.1, 0.15) is 0 Å². The lowest BCUT2D eigenvalue weighted by atomic mass is 10.1. The Morgan fingerprint density at radius 2 is 2.12 bits per heavy atom. The second-order valence-corrected chi connectivity index (χ2v) is 4.51. The Kier molecular flexibility index (Phi) is 6.16. The fourth-order valence-corrected chi connectivity index (χ4v) is 2.09. The molecule has 1 rings (SSSR count). The Morgan fingerprint density at radius 3 is 2.81 bits per heavy atom. The number of carboxylic acids is 1. The summed E-state index contributed by atoms with van der Waals surface area (Å²) in [6, 6.07) is 0. The molecule has 1 aliphatic rings. The first-order chi connectivity index (χ1) is 7.74. The minimum absolute atomic E-state index is 0.569. The molecule has 3 heteroatoms. The summed E-state index contributed by atoms with van der Waals surface area (Å²) in [5, 5.41) is 8.90. The molecular formula is C13H23NO2. The molecule has 0 spiro atoms. The van der Waals surface area contributed by atoms with E-state index in [1.54, 1.807) is 0 Å². The van der Waals surface area contributed by atoms with Gasteiger partial charge < -0.3 is 5.11 Å². The third-order valence-corrected chi connectivity index (χ3v) is 3.08. The number of aliphatic carboxylic acids is 1. The van der Waals surface area contributed by atoms with Gasteiger partial charge in [-0.15, -0.1) is 0 Å². The molecule has 0 aliphatic carbocycles. The number of hydrogen-bond donors (Lipinski definition) is 1. The van der Waals surface area contributed by atoms with Gasteiger partial charge in [-0.3, -0.25) is 4.90 Å². The molecule has 1 N–H and O–H groups in total. The summed E-state index contributed by atoms with van der Waals surface area (Å²) in [7, 11) is 0. The molecule has 0 unspecified atom stereocenters. The van der Waals surface area contributed by atoms with Crippen molar-refractivity contribution in [2.24, 2.45) is 0 Å². The van der Waals surface area contributed by atoms with Gasteiger partial charge in [-0.1, -0.05) is 38.7 Å². The Bertz CT molecular complexity index is 248.